The number of halogens is 1. The molecule has 94 valence electrons. The number of aliphatic hydroxyl groups excluding tert-OH is 1. The molecular weight excluding hydrogens is 228 g/mol. The van der Waals surface area contributed by atoms with Crippen LogP contribution in [0.1, 0.15) is 32.6 Å². The third kappa shape index (κ3) is 2.87. The molecule has 0 aromatic carbocycles. The van der Waals surface area contributed by atoms with Crippen molar-refractivity contribution >= 4 is 18.3 Å². The molecule has 2 aliphatic heterocycles. The Morgan fingerprint density at radius 2 is 2.19 bits per heavy atom. The summed E-state index contributed by atoms with van der Waals surface area (Å²) in [4.78, 5) is 14.1. The number of hydrogen-bond acceptors (Lipinski definition) is 3. The highest BCUT2D eigenvalue weighted by Gasteiger charge is 2.33. The molecule has 0 spiro atoms. The van der Waals surface area contributed by atoms with Crippen molar-refractivity contribution in [2.24, 2.45) is 0 Å². The van der Waals surface area contributed by atoms with Gasteiger partial charge in [-0.15, -0.1) is 12.4 Å². The molecule has 5 heteroatoms. The van der Waals surface area contributed by atoms with Crippen molar-refractivity contribution in [3.8, 4) is 0 Å². The van der Waals surface area contributed by atoms with Crippen molar-refractivity contribution in [2.45, 2.75) is 50.8 Å². The first-order valence-corrected chi connectivity index (χ1v) is 5.90. The number of hydrogen-bond donors (Lipinski definition) is 2. The predicted octanol–water partition coefficient (Wildman–Crippen LogP) is 0.532. The van der Waals surface area contributed by atoms with E-state index < -0.39 is 0 Å². The van der Waals surface area contributed by atoms with E-state index in [-0.39, 0.29) is 30.5 Å². The van der Waals surface area contributed by atoms with Gasteiger partial charge in [-0.3, -0.25) is 4.79 Å². The zero-order chi connectivity index (χ0) is 10.8. The van der Waals surface area contributed by atoms with Gasteiger partial charge in [0.1, 0.15) is 0 Å². The molecule has 2 saturated heterocycles. The molecule has 0 radical (unpaired) electrons. The van der Waals surface area contributed by atoms with E-state index in [2.05, 4.69) is 12.2 Å². The zero-order valence-electron chi connectivity index (χ0n) is 9.69. The first-order valence-electron chi connectivity index (χ1n) is 5.90. The summed E-state index contributed by atoms with van der Waals surface area (Å²) in [7, 11) is 0. The summed E-state index contributed by atoms with van der Waals surface area (Å²) in [6.45, 7) is 3.55. The highest BCUT2D eigenvalue weighted by atomic mass is 35.5. The lowest BCUT2D eigenvalue weighted by atomic mass is 10.0. The van der Waals surface area contributed by atoms with Crippen LogP contribution in [0.15, 0.2) is 0 Å². The predicted molar refractivity (Wildman–Crippen MR) is 64.7 cm³/mol. The van der Waals surface area contributed by atoms with Crippen LogP contribution in [-0.2, 0) is 4.79 Å². The van der Waals surface area contributed by atoms with E-state index in [0.29, 0.717) is 19.0 Å². The number of piperidine rings is 1. The van der Waals surface area contributed by atoms with Gasteiger partial charge < -0.3 is 15.3 Å². The molecule has 0 saturated carbocycles. The molecule has 2 N–H and O–H groups in total. The van der Waals surface area contributed by atoms with Crippen LogP contribution in [0.3, 0.4) is 0 Å². The molecule has 0 aromatic heterocycles. The van der Waals surface area contributed by atoms with Gasteiger partial charge in [-0.1, -0.05) is 0 Å². The molecule has 3 atom stereocenters. The molecule has 0 aliphatic carbocycles. The number of amides is 1. The maximum absolute atomic E-state index is 12.1. The smallest absolute Gasteiger partial charge is 0.240 e. The van der Waals surface area contributed by atoms with E-state index >= 15 is 0 Å². The fraction of sp³-hybridized carbons (Fsp3) is 0.909. The Hall–Kier alpha value is -0.320. The Morgan fingerprint density at radius 1 is 1.44 bits per heavy atom. The lowest BCUT2D eigenvalue weighted by Crippen LogP contribution is -2.49. The summed E-state index contributed by atoms with van der Waals surface area (Å²) in [6, 6.07) is 0.214. The van der Waals surface area contributed by atoms with Crippen molar-refractivity contribution in [3.63, 3.8) is 0 Å². The van der Waals surface area contributed by atoms with E-state index in [1.54, 1.807) is 0 Å². The van der Waals surface area contributed by atoms with E-state index in [1.807, 2.05) is 4.90 Å². The average Bonchev–Trinajstić information content (AvgIpc) is 2.65. The van der Waals surface area contributed by atoms with Gasteiger partial charge >= 0.3 is 0 Å². The van der Waals surface area contributed by atoms with Crippen LogP contribution in [0.2, 0.25) is 0 Å². The number of carbonyl (C=O) groups is 1. The second-order valence-corrected chi connectivity index (χ2v) is 4.73. The Labute approximate surface area is 103 Å². The van der Waals surface area contributed by atoms with Crippen LogP contribution in [0.5, 0.6) is 0 Å². The van der Waals surface area contributed by atoms with Gasteiger partial charge in [0.25, 0.3) is 0 Å². The molecule has 2 fully saturated rings. The summed E-state index contributed by atoms with van der Waals surface area (Å²) < 4.78 is 0. The first-order chi connectivity index (χ1) is 7.18. The van der Waals surface area contributed by atoms with E-state index in [1.165, 1.54) is 6.42 Å². The Morgan fingerprint density at radius 3 is 2.75 bits per heavy atom. The zero-order valence-corrected chi connectivity index (χ0v) is 10.5. The quantitative estimate of drug-likeness (QED) is 0.712. The fourth-order valence-corrected chi connectivity index (χ4v) is 2.53. The molecule has 2 heterocycles. The highest BCUT2D eigenvalue weighted by molar-refractivity contribution is 5.85. The van der Waals surface area contributed by atoms with Crippen molar-refractivity contribution < 1.29 is 9.90 Å². The summed E-state index contributed by atoms with van der Waals surface area (Å²) in [5, 5.41) is 12.5. The van der Waals surface area contributed by atoms with E-state index in [9.17, 15) is 9.90 Å². The lowest BCUT2D eigenvalue weighted by Gasteiger charge is -2.35. The standard InChI is InChI=1S/C11H20N2O2.ClH/c1-8-4-2-3-5-13(8)11(15)10-6-9(14)7-12-10;/h8-10,12,14H,2-7H2,1H3;1H/t8?,9-,10+;/m0./s1. The van der Waals surface area contributed by atoms with Crippen LogP contribution in [-0.4, -0.2) is 47.2 Å². The number of nitrogens with one attached hydrogen (secondary N) is 1. The first kappa shape index (κ1) is 13.7. The average molecular weight is 249 g/mol. The minimum Gasteiger partial charge on any atom is -0.392 e. The van der Waals surface area contributed by atoms with Crippen molar-refractivity contribution in [2.75, 3.05) is 13.1 Å². The summed E-state index contributed by atoms with van der Waals surface area (Å²) in [6.07, 6.45) is 3.68. The van der Waals surface area contributed by atoms with Gasteiger partial charge in [-0.2, -0.15) is 0 Å². The van der Waals surface area contributed by atoms with Gasteiger partial charge in [-0.25, -0.2) is 0 Å². The van der Waals surface area contributed by atoms with Gasteiger partial charge in [0.2, 0.25) is 5.91 Å². The van der Waals surface area contributed by atoms with Crippen molar-refractivity contribution in [3.05, 3.63) is 0 Å². The minimum absolute atomic E-state index is 0. The minimum atomic E-state index is -0.348. The topological polar surface area (TPSA) is 52.6 Å². The second-order valence-electron chi connectivity index (χ2n) is 4.73. The number of β-amino-alcohol motifs (C(OH)–C–C–N with tert-alkyl or cyclic N) is 1. The number of aliphatic hydroxyl groups is 1. The third-order valence-electron chi connectivity index (χ3n) is 3.49. The number of rotatable bonds is 1. The molecule has 1 unspecified atom stereocenters. The molecule has 0 bridgehead atoms. The van der Waals surface area contributed by atoms with Gasteiger partial charge in [0.15, 0.2) is 0 Å². The lowest BCUT2D eigenvalue weighted by molar-refractivity contribution is -0.136. The van der Waals surface area contributed by atoms with Crippen LogP contribution < -0.4 is 5.32 Å². The van der Waals surface area contributed by atoms with E-state index in [0.717, 1.165) is 19.4 Å². The van der Waals surface area contributed by atoms with E-state index in [4.69, 9.17) is 0 Å². The number of likely N-dealkylation sites (tertiary alicyclic amines) is 1. The highest BCUT2D eigenvalue weighted by Crippen LogP contribution is 2.19. The number of carbonyl (C=O) groups excluding carboxylic acids is 1. The maximum Gasteiger partial charge on any atom is 0.240 e. The summed E-state index contributed by atoms with van der Waals surface area (Å²) >= 11 is 0. The van der Waals surface area contributed by atoms with Crippen LogP contribution in [0.4, 0.5) is 0 Å². The largest absolute Gasteiger partial charge is 0.392 e. The van der Waals surface area contributed by atoms with Gasteiger partial charge in [0, 0.05) is 19.1 Å². The monoisotopic (exact) mass is 248 g/mol. The molecule has 1 amide bonds. The van der Waals surface area contributed by atoms with Crippen molar-refractivity contribution in [1.82, 2.24) is 10.2 Å². The van der Waals surface area contributed by atoms with Gasteiger partial charge in [-0.05, 0) is 32.6 Å². The SMILES string of the molecule is CC1CCCCN1C(=O)[C@H]1C[C@H](O)CN1.Cl. The van der Waals surface area contributed by atoms with Crippen molar-refractivity contribution in [1.29, 1.82) is 0 Å². The Bertz CT molecular complexity index is 250. The fourth-order valence-electron chi connectivity index (χ4n) is 2.53. The Kier molecular flexibility index (Phi) is 5.02. The van der Waals surface area contributed by atoms with Crippen LogP contribution >= 0.6 is 12.4 Å². The maximum atomic E-state index is 12.1. The Balaban J connectivity index is 0.00000128. The third-order valence-corrected chi connectivity index (χ3v) is 3.49. The molecule has 16 heavy (non-hydrogen) atoms. The molecule has 2 rings (SSSR count). The second kappa shape index (κ2) is 5.84. The molecule has 0 aromatic rings. The van der Waals surface area contributed by atoms with Gasteiger partial charge in [0.05, 0.1) is 12.1 Å². The molecular formula is C11H21ClN2O2. The summed E-state index contributed by atoms with van der Waals surface area (Å²) in [5.41, 5.74) is 0. The molecule has 4 nitrogen and oxygen atoms in total. The normalized spacial score (nSPS) is 34.6. The summed E-state index contributed by atoms with van der Waals surface area (Å²) in [5.74, 6) is 0.179. The van der Waals surface area contributed by atoms with Crippen LogP contribution in [0, 0.1) is 0 Å². The molecule has 2 aliphatic rings. The number of nitrogens with zero attached hydrogens (tertiary/aromatic N) is 1. The van der Waals surface area contributed by atoms with Crippen LogP contribution in [0.25, 0.3) is 0 Å².